The number of nitrogens with two attached hydrogens (primary N) is 5. The molecule has 0 fully saturated rings. The Kier molecular flexibility index (Phi) is 14.0. The smallest absolute Gasteiger partial charge is 0.334 e. The number of esters is 5. The molecule has 0 unspecified atom stereocenters. The quantitative estimate of drug-likeness (QED) is 0.0776. The van der Waals surface area contributed by atoms with Crippen molar-refractivity contribution < 1.29 is 48.0 Å². The lowest BCUT2D eigenvalue weighted by atomic mass is 10.1. The summed E-state index contributed by atoms with van der Waals surface area (Å²) >= 11 is 0. The van der Waals surface area contributed by atoms with Gasteiger partial charge in [0.15, 0.2) is 0 Å². The van der Waals surface area contributed by atoms with Crippen LogP contribution >= 0.6 is 0 Å². The molecular formula is C18H33N5O10. The lowest BCUT2D eigenvalue weighted by Gasteiger charge is -2.17. The van der Waals surface area contributed by atoms with Crippen molar-refractivity contribution in [1.29, 1.82) is 0 Å². The number of aliphatic hydroxyl groups is 1. The van der Waals surface area contributed by atoms with E-state index in [1.54, 1.807) is 0 Å². The van der Waals surface area contributed by atoms with Crippen LogP contribution in [0.2, 0.25) is 0 Å². The van der Waals surface area contributed by atoms with E-state index in [9.17, 15) is 24.0 Å². The van der Waals surface area contributed by atoms with E-state index in [0.29, 0.717) is 6.42 Å². The Balaban J connectivity index is 4.33. The molecule has 0 amide bonds. The number of ether oxygens (including phenoxy) is 4. The third kappa shape index (κ3) is 12.2. The number of hydrogen-bond donors (Lipinski definition) is 6. The largest absolute Gasteiger partial charge is 0.462 e. The molecule has 0 spiro atoms. The van der Waals surface area contributed by atoms with Crippen molar-refractivity contribution in [1.82, 2.24) is 0 Å². The zero-order chi connectivity index (χ0) is 25.7. The maximum Gasteiger partial charge on any atom is 0.334 e. The van der Waals surface area contributed by atoms with Gasteiger partial charge < -0.3 is 52.7 Å². The van der Waals surface area contributed by atoms with E-state index in [0.717, 1.165) is 0 Å². The first-order valence-electron chi connectivity index (χ1n) is 9.94. The van der Waals surface area contributed by atoms with Gasteiger partial charge in [-0.05, 0) is 12.3 Å². The highest BCUT2D eigenvalue weighted by Gasteiger charge is 2.26. The van der Waals surface area contributed by atoms with Gasteiger partial charge in [0.25, 0.3) is 0 Å². The van der Waals surface area contributed by atoms with E-state index in [1.807, 2.05) is 13.8 Å². The van der Waals surface area contributed by atoms with Crippen LogP contribution in [-0.4, -0.2) is 91.6 Å². The number of rotatable bonds is 14. The summed E-state index contributed by atoms with van der Waals surface area (Å²) in [6.07, 6.45) is 0.392. The third-order valence-electron chi connectivity index (χ3n) is 3.85. The topological polar surface area (TPSA) is 273 Å². The van der Waals surface area contributed by atoms with Gasteiger partial charge in [0.05, 0.1) is 6.61 Å². The van der Waals surface area contributed by atoms with Crippen LogP contribution in [0.3, 0.4) is 0 Å². The fourth-order valence-electron chi connectivity index (χ4n) is 1.97. The lowest BCUT2D eigenvalue weighted by molar-refractivity contribution is -0.163. The Hall–Kier alpha value is -2.69. The minimum absolute atomic E-state index is 0.166. The van der Waals surface area contributed by atoms with Gasteiger partial charge in [-0.15, -0.1) is 0 Å². The third-order valence-corrected chi connectivity index (χ3v) is 3.85. The molecule has 0 bridgehead atoms. The second kappa shape index (κ2) is 15.2. The summed E-state index contributed by atoms with van der Waals surface area (Å²) in [5.74, 6) is -5.09. The van der Waals surface area contributed by atoms with Gasteiger partial charge in [-0.2, -0.15) is 0 Å². The van der Waals surface area contributed by atoms with Crippen LogP contribution in [0.1, 0.15) is 20.3 Å². The van der Waals surface area contributed by atoms with Gasteiger partial charge >= 0.3 is 29.8 Å². The molecule has 0 aliphatic rings. The molecule has 11 N–H and O–H groups in total. The molecule has 0 aromatic rings. The van der Waals surface area contributed by atoms with E-state index in [2.05, 4.69) is 4.74 Å². The molecule has 0 aromatic heterocycles. The van der Waals surface area contributed by atoms with Crippen LogP contribution in [0.4, 0.5) is 0 Å². The van der Waals surface area contributed by atoms with Gasteiger partial charge in [0.1, 0.15) is 50.0 Å². The minimum atomic E-state index is -1.54. The second-order valence-corrected chi connectivity index (χ2v) is 7.47. The van der Waals surface area contributed by atoms with Crippen LogP contribution in [0.25, 0.3) is 0 Å². The highest BCUT2D eigenvalue weighted by atomic mass is 16.6. The molecule has 33 heavy (non-hydrogen) atoms. The summed E-state index contributed by atoms with van der Waals surface area (Å²) in [5.41, 5.74) is 27.3. The van der Waals surface area contributed by atoms with Gasteiger partial charge in [0, 0.05) is 0 Å². The molecule has 0 saturated heterocycles. The molecule has 190 valence electrons. The molecule has 0 radical (unpaired) electrons. The van der Waals surface area contributed by atoms with Crippen LogP contribution < -0.4 is 28.7 Å². The Morgan fingerprint density at radius 1 is 0.606 bits per heavy atom. The molecule has 0 rings (SSSR count). The van der Waals surface area contributed by atoms with Gasteiger partial charge in [0.2, 0.25) is 0 Å². The SMILES string of the molecule is CC(C)C[C@H](N)C(=O)OC[C@H](N)C(=O)OC[C@H](N)C(=O)OC[C@H](N)C(=O)OC(=O)[C@@H](N)CO. The molecule has 5 atom stereocenters. The summed E-state index contributed by atoms with van der Waals surface area (Å²) in [5, 5.41) is 8.70. The maximum absolute atomic E-state index is 11.8. The number of carbonyl (C=O) groups is 5. The first-order valence-corrected chi connectivity index (χ1v) is 9.94. The van der Waals surface area contributed by atoms with Crippen molar-refractivity contribution in [2.24, 2.45) is 34.6 Å². The van der Waals surface area contributed by atoms with Crippen LogP contribution in [-0.2, 0) is 42.9 Å². The Labute approximate surface area is 190 Å². The van der Waals surface area contributed by atoms with Crippen molar-refractivity contribution in [3.63, 3.8) is 0 Å². The second-order valence-electron chi connectivity index (χ2n) is 7.47. The predicted molar refractivity (Wildman–Crippen MR) is 110 cm³/mol. The highest BCUT2D eigenvalue weighted by molar-refractivity contribution is 5.91. The molecule has 15 heteroatoms. The summed E-state index contributed by atoms with van der Waals surface area (Å²) in [7, 11) is 0. The van der Waals surface area contributed by atoms with Crippen molar-refractivity contribution >= 4 is 29.8 Å². The van der Waals surface area contributed by atoms with E-state index >= 15 is 0 Å². The molecule has 0 aromatic carbocycles. The molecule has 0 aliphatic heterocycles. The predicted octanol–water partition coefficient (Wildman–Crippen LogP) is -4.64. The Morgan fingerprint density at radius 3 is 1.30 bits per heavy atom. The molecule has 0 heterocycles. The zero-order valence-corrected chi connectivity index (χ0v) is 18.5. The maximum atomic E-state index is 11.8. The lowest BCUT2D eigenvalue weighted by Crippen LogP contribution is -2.45. The van der Waals surface area contributed by atoms with E-state index in [1.165, 1.54) is 0 Å². The average Bonchev–Trinajstić information content (AvgIpc) is 2.76. The number of carbonyl (C=O) groups excluding carboxylic acids is 5. The van der Waals surface area contributed by atoms with Crippen molar-refractivity contribution in [2.75, 3.05) is 26.4 Å². The summed E-state index contributed by atoms with van der Waals surface area (Å²) < 4.78 is 18.6. The van der Waals surface area contributed by atoms with Crippen molar-refractivity contribution in [3.8, 4) is 0 Å². The zero-order valence-electron chi connectivity index (χ0n) is 18.5. The van der Waals surface area contributed by atoms with E-state index in [-0.39, 0.29) is 5.92 Å². The van der Waals surface area contributed by atoms with E-state index in [4.69, 9.17) is 48.0 Å². The molecule has 0 aliphatic carbocycles. The van der Waals surface area contributed by atoms with Crippen LogP contribution in [0.5, 0.6) is 0 Å². The van der Waals surface area contributed by atoms with Crippen LogP contribution in [0, 0.1) is 5.92 Å². The van der Waals surface area contributed by atoms with Gasteiger partial charge in [-0.1, -0.05) is 13.8 Å². The summed E-state index contributed by atoms with van der Waals surface area (Å²) in [6, 6.07) is -6.61. The van der Waals surface area contributed by atoms with Gasteiger partial charge in [-0.25, -0.2) is 9.59 Å². The summed E-state index contributed by atoms with van der Waals surface area (Å²) in [6.45, 7) is 1.18. The van der Waals surface area contributed by atoms with Gasteiger partial charge in [-0.3, -0.25) is 14.4 Å². The number of aliphatic hydroxyl groups excluding tert-OH is 1. The highest BCUT2D eigenvalue weighted by Crippen LogP contribution is 2.04. The summed E-state index contributed by atoms with van der Waals surface area (Å²) in [4.78, 5) is 58.3. The van der Waals surface area contributed by atoms with Crippen molar-refractivity contribution in [3.05, 3.63) is 0 Å². The monoisotopic (exact) mass is 479 g/mol. The Bertz CT molecular complexity index is 690. The molecular weight excluding hydrogens is 446 g/mol. The first-order chi connectivity index (χ1) is 15.3. The standard InChI is InChI=1S/C18H33N5O10/c1-8(2)3-9(19)14(25)30-5-11(21)15(26)31-6-12(22)16(27)32-7-13(23)18(29)33-17(28)10(20)4-24/h8-13,24H,3-7,19-23H2,1-2H3/t9-,10-,11-,12-,13-/m0/s1. The van der Waals surface area contributed by atoms with Crippen molar-refractivity contribution in [2.45, 2.75) is 50.5 Å². The number of hydrogen-bond acceptors (Lipinski definition) is 15. The fourth-order valence-corrected chi connectivity index (χ4v) is 1.97. The average molecular weight is 479 g/mol. The normalized spacial score (nSPS) is 15.5. The van der Waals surface area contributed by atoms with Crippen LogP contribution in [0.15, 0.2) is 0 Å². The molecule has 0 saturated carbocycles. The molecule has 15 nitrogen and oxygen atoms in total. The fraction of sp³-hybridized carbons (Fsp3) is 0.722. The minimum Gasteiger partial charge on any atom is -0.462 e. The van der Waals surface area contributed by atoms with E-state index < -0.39 is 86.5 Å². The first kappa shape index (κ1) is 30.3. The Morgan fingerprint density at radius 2 is 0.939 bits per heavy atom.